The lowest BCUT2D eigenvalue weighted by atomic mass is 9.97. The molecule has 1 atom stereocenters. The van der Waals surface area contributed by atoms with Crippen molar-refractivity contribution in [1.82, 2.24) is 5.32 Å². The van der Waals surface area contributed by atoms with Gasteiger partial charge in [-0.2, -0.15) is 0 Å². The van der Waals surface area contributed by atoms with Crippen molar-refractivity contribution >= 4 is 17.8 Å². The van der Waals surface area contributed by atoms with Crippen molar-refractivity contribution in [2.45, 2.75) is 104 Å². The molecular formula is C21H40N2O4. The Kier molecular flexibility index (Phi) is 15.6. The van der Waals surface area contributed by atoms with E-state index in [4.69, 9.17) is 10.5 Å². The highest BCUT2D eigenvalue weighted by atomic mass is 16.5. The van der Waals surface area contributed by atoms with Gasteiger partial charge in [-0.25, -0.2) is 4.79 Å². The van der Waals surface area contributed by atoms with Crippen molar-refractivity contribution in [3.8, 4) is 0 Å². The maximum absolute atomic E-state index is 12.5. The van der Waals surface area contributed by atoms with Gasteiger partial charge in [0.2, 0.25) is 11.8 Å². The zero-order valence-electron chi connectivity index (χ0n) is 17.6. The molecule has 0 aromatic carbocycles. The summed E-state index contributed by atoms with van der Waals surface area (Å²) in [6.45, 7) is 6.74. The smallest absolute Gasteiger partial charge is 0.328 e. The average Bonchev–Trinajstić information content (AvgIpc) is 2.64. The number of ether oxygens (including phenoxy) is 1. The Balaban J connectivity index is 4.64. The second-order valence-corrected chi connectivity index (χ2v) is 7.36. The van der Waals surface area contributed by atoms with Crippen LogP contribution in [0.25, 0.3) is 0 Å². The van der Waals surface area contributed by atoms with E-state index in [1.165, 1.54) is 0 Å². The zero-order valence-corrected chi connectivity index (χ0v) is 17.6. The number of nitrogens with two attached hydrogens (primary N) is 1. The van der Waals surface area contributed by atoms with Crippen LogP contribution in [0.5, 0.6) is 0 Å². The number of esters is 1. The Labute approximate surface area is 165 Å². The predicted octanol–water partition coefficient (Wildman–Crippen LogP) is 3.86. The molecule has 6 heteroatoms. The summed E-state index contributed by atoms with van der Waals surface area (Å²) in [4.78, 5) is 35.6. The molecule has 0 bridgehead atoms. The maximum atomic E-state index is 12.5. The Bertz CT molecular complexity index is 418. The van der Waals surface area contributed by atoms with E-state index in [-0.39, 0.29) is 18.7 Å². The number of carbonyl (C=O) groups excluding carboxylic acids is 3. The number of amides is 2. The Morgan fingerprint density at radius 3 is 1.96 bits per heavy atom. The third-order valence-electron chi connectivity index (χ3n) is 4.70. The second-order valence-electron chi connectivity index (χ2n) is 7.36. The van der Waals surface area contributed by atoms with Gasteiger partial charge in [0.1, 0.15) is 6.04 Å². The van der Waals surface area contributed by atoms with E-state index in [0.29, 0.717) is 18.9 Å². The molecule has 0 aliphatic carbocycles. The number of unbranched alkanes of at least 4 members (excludes halogenated alkanes) is 4. The standard InChI is InChI=1S/C21H40N2O4/c1-4-7-10-13-20(25)23-18(14-15-19(22)24)21(26)27-16-17(11-8-5-2)12-9-6-3/h17-18H,4-16H2,1-3H3,(H2,22,24)(H,23,25)/t18-/m0/s1. The van der Waals surface area contributed by atoms with E-state index in [0.717, 1.165) is 57.8 Å². The van der Waals surface area contributed by atoms with Crippen LogP contribution in [-0.4, -0.2) is 30.4 Å². The lowest BCUT2D eigenvalue weighted by molar-refractivity contribution is -0.149. The number of hydrogen-bond donors (Lipinski definition) is 2. The minimum absolute atomic E-state index is 0.0457. The second kappa shape index (κ2) is 16.6. The van der Waals surface area contributed by atoms with E-state index in [9.17, 15) is 14.4 Å². The van der Waals surface area contributed by atoms with Gasteiger partial charge in [0.05, 0.1) is 6.61 Å². The highest BCUT2D eigenvalue weighted by Gasteiger charge is 2.23. The summed E-state index contributed by atoms with van der Waals surface area (Å²) in [6, 6.07) is -0.801. The van der Waals surface area contributed by atoms with Crippen molar-refractivity contribution in [3.05, 3.63) is 0 Å². The molecule has 6 nitrogen and oxygen atoms in total. The molecule has 0 rings (SSSR count). The molecular weight excluding hydrogens is 344 g/mol. The molecule has 3 N–H and O–H groups in total. The van der Waals surface area contributed by atoms with Crippen LogP contribution in [0.15, 0.2) is 0 Å². The minimum atomic E-state index is -0.801. The topological polar surface area (TPSA) is 98.5 Å². The van der Waals surface area contributed by atoms with E-state index in [1.807, 2.05) is 0 Å². The monoisotopic (exact) mass is 384 g/mol. The molecule has 0 heterocycles. The zero-order chi connectivity index (χ0) is 20.5. The molecule has 2 amide bonds. The van der Waals surface area contributed by atoms with E-state index in [2.05, 4.69) is 26.1 Å². The lowest BCUT2D eigenvalue weighted by Gasteiger charge is -2.20. The molecule has 0 aromatic heterocycles. The maximum Gasteiger partial charge on any atom is 0.328 e. The average molecular weight is 385 g/mol. The Morgan fingerprint density at radius 2 is 1.44 bits per heavy atom. The van der Waals surface area contributed by atoms with E-state index in [1.54, 1.807) is 0 Å². The molecule has 0 saturated heterocycles. The van der Waals surface area contributed by atoms with E-state index >= 15 is 0 Å². The molecule has 0 saturated carbocycles. The van der Waals surface area contributed by atoms with E-state index < -0.39 is 17.9 Å². The first-order chi connectivity index (χ1) is 12.9. The summed E-state index contributed by atoms with van der Waals surface area (Å²) in [5, 5.41) is 2.72. The summed E-state index contributed by atoms with van der Waals surface area (Å²) >= 11 is 0. The van der Waals surface area contributed by atoms with Gasteiger partial charge in [-0.1, -0.05) is 59.3 Å². The quantitative estimate of drug-likeness (QED) is 0.294. The first-order valence-corrected chi connectivity index (χ1v) is 10.7. The van der Waals surface area contributed by atoms with Gasteiger partial charge in [0.15, 0.2) is 0 Å². The van der Waals surface area contributed by atoms with Gasteiger partial charge in [-0.3, -0.25) is 9.59 Å². The van der Waals surface area contributed by atoms with Crippen LogP contribution in [0.1, 0.15) is 97.8 Å². The van der Waals surface area contributed by atoms with Crippen LogP contribution in [0.2, 0.25) is 0 Å². The van der Waals surface area contributed by atoms with Gasteiger partial charge in [-0.05, 0) is 31.6 Å². The van der Waals surface area contributed by atoms with Crippen LogP contribution in [0.3, 0.4) is 0 Å². The van der Waals surface area contributed by atoms with Gasteiger partial charge in [0.25, 0.3) is 0 Å². The lowest BCUT2D eigenvalue weighted by Crippen LogP contribution is -2.42. The molecule has 0 radical (unpaired) electrons. The van der Waals surface area contributed by atoms with Crippen molar-refractivity contribution < 1.29 is 19.1 Å². The Hall–Kier alpha value is -1.59. The number of primary amides is 1. The van der Waals surface area contributed by atoms with Crippen LogP contribution in [0, 0.1) is 5.92 Å². The molecule has 0 aliphatic rings. The summed E-state index contributed by atoms with van der Waals surface area (Å²) in [7, 11) is 0. The number of nitrogens with one attached hydrogen (secondary N) is 1. The Morgan fingerprint density at radius 1 is 0.852 bits per heavy atom. The van der Waals surface area contributed by atoms with Gasteiger partial charge in [0, 0.05) is 12.8 Å². The molecule has 0 aromatic rings. The fourth-order valence-corrected chi connectivity index (χ4v) is 2.93. The molecule has 0 fully saturated rings. The SMILES string of the molecule is CCCCCC(=O)N[C@@H](CCC(N)=O)C(=O)OCC(CCCC)CCCC. The van der Waals surface area contributed by atoms with Crippen molar-refractivity contribution in [2.75, 3.05) is 6.61 Å². The number of rotatable bonds is 17. The summed E-state index contributed by atoms with van der Waals surface area (Å²) < 4.78 is 5.51. The fourth-order valence-electron chi connectivity index (χ4n) is 2.93. The first kappa shape index (κ1) is 25.4. The largest absolute Gasteiger partial charge is 0.464 e. The molecule has 0 aliphatic heterocycles. The van der Waals surface area contributed by atoms with Crippen LogP contribution < -0.4 is 11.1 Å². The minimum Gasteiger partial charge on any atom is -0.464 e. The van der Waals surface area contributed by atoms with Crippen LogP contribution in [0.4, 0.5) is 0 Å². The van der Waals surface area contributed by atoms with Crippen LogP contribution >= 0.6 is 0 Å². The third kappa shape index (κ3) is 14.2. The molecule has 0 spiro atoms. The predicted molar refractivity (Wildman–Crippen MR) is 108 cm³/mol. The summed E-state index contributed by atoms with van der Waals surface area (Å²) in [5.41, 5.74) is 5.20. The summed E-state index contributed by atoms with van der Waals surface area (Å²) in [5.74, 6) is -0.774. The van der Waals surface area contributed by atoms with Crippen molar-refractivity contribution in [3.63, 3.8) is 0 Å². The normalized spacial score (nSPS) is 12.0. The first-order valence-electron chi connectivity index (χ1n) is 10.7. The highest BCUT2D eigenvalue weighted by molar-refractivity contribution is 5.85. The molecule has 158 valence electrons. The summed E-state index contributed by atoms with van der Waals surface area (Å²) in [6.07, 6.45) is 9.94. The third-order valence-corrected chi connectivity index (χ3v) is 4.70. The number of hydrogen-bond acceptors (Lipinski definition) is 4. The van der Waals surface area contributed by atoms with Crippen LogP contribution in [-0.2, 0) is 19.1 Å². The molecule has 27 heavy (non-hydrogen) atoms. The van der Waals surface area contributed by atoms with Gasteiger partial charge >= 0.3 is 5.97 Å². The van der Waals surface area contributed by atoms with Crippen molar-refractivity contribution in [2.24, 2.45) is 11.7 Å². The highest BCUT2D eigenvalue weighted by Crippen LogP contribution is 2.17. The number of carbonyl (C=O) groups is 3. The van der Waals surface area contributed by atoms with Crippen molar-refractivity contribution in [1.29, 1.82) is 0 Å². The van der Waals surface area contributed by atoms with Gasteiger partial charge < -0.3 is 15.8 Å². The van der Waals surface area contributed by atoms with Gasteiger partial charge in [-0.15, -0.1) is 0 Å². The molecule has 0 unspecified atom stereocenters. The fraction of sp³-hybridized carbons (Fsp3) is 0.857.